The first-order chi connectivity index (χ1) is 4.74. The highest BCUT2D eigenvalue weighted by Crippen LogP contribution is 1.98. The van der Waals surface area contributed by atoms with Crippen LogP contribution in [0.15, 0.2) is 6.07 Å². The topological polar surface area (TPSA) is 17.8 Å². The van der Waals surface area contributed by atoms with Crippen LogP contribution in [0.4, 0.5) is 0 Å². The summed E-state index contributed by atoms with van der Waals surface area (Å²) in [5.41, 5.74) is 1.99. The lowest BCUT2D eigenvalue weighted by Gasteiger charge is -1.87. The molecule has 0 atom stereocenters. The molecule has 0 radical (unpaired) electrons. The zero-order valence-corrected chi connectivity index (χ0v) is 6.47. The van der Waals surface area contributed by atoms with E-state index in [4.69, 9.17) is 0 Å². The molecule has 0 spiro atoms. The van der Waals surface area contributed by atoms with Gasteiger partial charge in [0.25, 0.3) is 0 Å². The molecule has 1 heterocycles. The molecule has 1 rings (SSSR count). The van der Waals surface area contributed by atoms with Crippen molar-refractivity contribution < 1.29 is 0 Å². The molecule has 0 saturated heterocycles. The molecule has 0 unspecified atom stereocenters. The van der Waals surface area contributed by atoms with Crippen LogP contribution in [0.5, 0.6) is 0 Å². The van der Waals surface area contributed by atoms with Gasteiger partial charge in [-0.3, -0.25) is 4.68 Å². The van der Waals surface area contributed by atoms with Gasteiger partial charge in [-0.1, -0.05) is 5.92 Å². The van der Waals surface area contributed by atoms with Crippen LogP contribution in [-0.4, -0.2) is 9.78 Å². The molecule has 0 aliphatic heterocycles. The molecule has 52 valence electrons. The zero-order chi connectivity index (χ0) is 7.56. The fourth-order valence-corrected chi connectivity index (χ4v) is 0.750. The summed E-state index contributed by atoms with van der Waals surface area (Å²) < 4.78 is 1.82. The molecule has 2 nitrogen and oxygen atoms in total. The molecule has 10 heavy (non-hydrogen) atoms. The lowest BCUT2D eigenvalue weighted by molar-refractivity contribution is 0.737. The van der Waals surface area contributed by atoms with E-state index in [1.165, 1.54) is 0 Å². The Hall–Kier alpha value is -1.23. The van der Waals surface area contributed by atoms with Crippen molar-refractivity contribution in [3.05, 3.63) is 17.5 Å². The Morgan fingerprint density at radius 2 is 2.30 bits per heavy atom. The monoisotopic (exact) mass is 134 g/mol. The van der Waals surface area contributed by atoms with E-state index in [-0.39, 0.29) is 0 Å². The van der Waals surface area contributed by atoms with Crippen molar-refractivity contribution in [1.29, 1.82) is 0 Å². The Kier molecular flexibility index (Phi) is 1.77. The Balaban J connectivity index is 3.06. The zero-order valence-electron chi connectivity index (χ0n) is 6.47. The van der Waals surface area contributed by atoms with Gasteiger partial charge in [-0.25, -0.2) is 0 Å². The normalized spacial score (nSPS) is 8.70. The Morgan fingerprint density at radius 3 is 2.70 bits per heavy atom. The van der Waals surface area contributed by atoms with E-state index >= 15 is 0 Å². The van der Waals surface area contributed by atoms with Crippen LogP contribution < -0.4 is 0 Å². The van der Waals surface area contributed by atoms with Crippen LogP contribution in [0, 0.1) is 18.8 Å². The average Bonchev–Trinajstić information content (AvgIpc) is 2.14. The van der Waals surface area contributed by atoms with Gasteiger partial charge in [0.2, 0.25) is 0 Å². The molecule has 0 fully saturated rings. The Bertz CT molecular complexity index is 266. The summed E-state index contributed by atoms with van der Waals surface area (Å²) in [6.07, 6.45) is 0. The van der Waals surface area contributed by atoms with Crippen molar-refractivity contribution in [3.8, 4) is 11.8 Å². The third kappa shape index (κ3) is 1.19. The summed E-state index contributed by atoms with van der Waals surface area (Å²) in [5, 5.41) is 4.14. The molecule has 0 amide bonds. The van der Waals surface area contributed by atoms with Crippen molar-refractivity contribution in [3.63, 3.8) is 0 Å². The highest BCUT2D eigenvalue weighted by molar-refractivity contribution is 5.27. The quantitative estimate of drug-likeness (QED) is 0.486. The smallest absolute Gasteiger partial charge is 0.135 e. The Labute approximate surface area is 60.9 Å². The standard InChI is InChI=1S/C8H10N2/c1-4-5-8-6-7(2)10(3)9-8/h6H,1-3H3. The lowest BCUT2D eigenvalue weighted by Crippen LogP contribution is -1.91. The van der Waals surface area contributed by atoms with Crippen LogP contribution >= 0.6 is 0 Å². The van der Waals surface area contributed by atoms with Gasteiger partial charge in [-0.2, -0.15) is 5.10 Å². The van der Waals surface area contributed by atoms with Crippen molar-refractivity contribution >= 4 is 0 Å². The van der Waals surface area contributed by atoms with Crippen molar-refractivity contribution in [1.82, 2.24) is 9.78 Å². The summed E-state index contributed by atoms with van der Waals surface area (Å²) in [6, 6.07) is 1.97. The second-order valence-electron chi connectivity index (χ2n) is 2.17. The maximum atomic E-state index is 4.14. The van der Waals surface area contributed by atoms with Crippen LogP contribution in [0.25, 0.3) is 0 Å². The van der Waals surface area contributed by atoms with E-state index in [0.717, 1.165) is 11.4 Å². The number of rotatable bonds is 0. The molecular formula is C8H10N2. The molecule has 2 heteroatoms. The highest BCUT2D eigenvalue weighted by Gasteiger charge is 1.94. The number of aryl methyl sites for hydroxylation is 2. The van der Waals surface area contributed by atoms with Crippen LogP contribution in [-0.2, 0) is 7.05 Å². The van der Waals surface area contributed by atoms with Crippen LogP contribution in [0.3, 0.4) is 0 Å². The summed E-state index contributed by atoms with van der Waals surface area (Å²) in [5.74, 6) is 5.69. The third-order valence-electron chi connectivity index (χ3n) is 1.37. The molecular weight excluding hydrogens is 124 g/mol. The summed E-state index contributed by atoms with van der Waals surface area (Å²) >= 11 is 0. The van der Waals surface area contributed by atoms with Crippen LogP contribution in [0.2, 0.25) is 0 Å². The SMILES string of the molecule is CC#Cc1cc(C)n(C)n1. The van der Waals surface area contributed by atoms with Gasteiger partial charge in [0.05, 0.1) is 0 Å². The lowest BCUT2D eigenvalue weighted by atomic mass is 10.4. The largest absolute Gasteiger partial charge is 0.272 e. The minimum Gasteiger partial charge on any atom is -0.272 e. The molecule has 0 aromatic carbocycles. The molecule has 0 aliphatic carbocycles. The summed E-state index contributed by atoms with van der Waals surface area (Å²) in [7, 11) is 1.91. The number of hydrogen-bond donors (Lipinski definition) is 0. The van der Waals surface area contributed by atoms with Gasteiger partial charge in [-0.15, -0.1) is 0 Å². The molecule has 1 aromatic rings. The number of nitrogens with zero attached hydrogens (tertiary/aromatic N) is 2. The van der Waals surface area contributed by atoms with Crippen molar-refractivity contribution in [2.75, 3.05) is 0 Å². The van der Waals surface area contributed by atoms with E-state index in [9.17, 15) is 0 Å². The van der Waals surface area contributed by atoms with Gasteiger partial charge in [0.15, 0.2) is 0 Å². The summed E-state index contributed by atoms with van der Waals surface area (Å²) in [6.45, 7) is 3.82. The first-order valence-electron chi connectivity index (χ1n) is 3.17. The first-order valence-corrected chi connectivity index (χ1v) is 3.17. The van der Waals surface area contributed by atoms with Gasteiger partial charge in [0, 0.05) is 12.7 Å². The van der Waals surface area contributed by atoms with Gasteiger partial charge < -0.3 is 0 Å². The molecule has 0 bridgehead atoms. The van der Waals surface area contributed by atoms with E-state index < -0.39 is 0 Å². The molecule has 0 saturated carbocycles. The second kappa shape index (κ2) is 2.57. The maximum Gasteiger partial charge on any atom is 0.135 e. The van der Waals surface area contributed by atoms with Gasteiger partial charge in [-0.05, 0) is 25.8 Å². The predicted octanol–water partition coefficient (Wildman–Crippen LogP) is 1.10. The Morgan fingerprint density at radius 1 is 1.60 bits per heavy atom. The van der Waals surface area contributed by atoms with E-state index in [1.54, 1.807) is 0 Å². The van der Waals surface area contributed by atoms with E-state index in [2.05, 4.69) is 16.9 Å². The predicted molar refractivity (Wildman–Crippen MR) is 40.5 cm³/mol. The number of aromatic nitrogens is 2. The molecule has 0 aliphatic rings. The van der Waals surface area contributed by atoms with Crippen LogP contribution in [0.1, 0.15) is 18.3 Å². The third-order valence-corrected chi connectivity index (χ3v) is 1.37. The maximum absolute atomic E-state index is 4.14. The minimum atomic E-state index is 0.850. The first kappa shape index (κ1) is 6.88. The van der Waals surface area contributed by atoms with Gasteiger partial charge >= 0.3 is 0 Å². The van der Waals surface area contributed by atoms with E-state index in [1.807, 2.05) is 31.6 Å². The second-order valence-corrected chi connectivity index (χ2v) is 2.17. The fourth-order valence-electron chi connectivity index (χ4n) is 0.750. The van der Waals surface area contributed by atoms with E-state index in [0.29, 0.717) is 0 Å². The summed E-state index contributed by atoms with van der Waals surface area (Å²) in [4.78, 5) is 0. The number of hydrogen-bond acceptors (Lipinski definition) is 1. The minimum absolute atomic E-state index is 0.850. The van der Waals surface area contributed by atoms with Crippen molar-refractivity contribution in [2.24, 2.45) is 7.05 Å². The molecule has 1 aromatic heterocycles. The highest BCUT2D eigenvalue weighted by atomic mass is 15.3. The molecule has 0 N–H and O–H groups in total. The fraction of sp³-hybridized carbons (Fsp3) is 0.375. The average molecular weight is 134 g/mol. The van der Waals surface area contributed by atoms with Crippen molar-refractivity contribution in [2.45, 2.75) is 13.8 Å². The van der Waals surface area contributed by atoms with Gasteiger partial charge in [0.1, 0.15) is 5.69 Å².